The topological polar surface area (TPSA) is 54.4 Å². The Balaban J connectivity index is 2.36. The molecule has 0 saturated heterocycles. The maximum atomic E-state index is 11.9. The molecular weight excluding hydrogens is 224 g/mol. The number of thioether (sulfide) groups is 1. The number of rotatable bonds is 3. The van der Waals surface area contributed by atoms with E-state index in [4.69, 9.17) is 5.11 Å². The number of hydrogen-bond donors (Lipinski definition) is 1. The van der Waals surface area contributed by atoms with Gasteiger partial charge in [0.25, 0.3) is 0 Å². The number of carbonyl (C=O) groups is 2. The number of hydrogen-bond acceptors (Lipinski definition) is 4. The summed E-state index contributed by atoms with van der Waals surface area (Å²) in [5.74, 6) is 0.150. The maximum absolute atomic E-state index is 11.9. The summed E-state index contributed by atoms with van der Waals surface area (Å²) in [6.45, 7) is -0.00881. The molecule has 0 atom stereocenters. The van der Waals surface area contributed by atoms with Gasteiger partial charge in [0, 0.05) is 23.0 Å². The number of allylic oxidation sites excluding steroid dienone is 2. The van der Waals surface area contributed by atoms with E-state index in [2.05, 4.69) is 0 Å². The molecule has 0 heterocycles. The normalized spacial score (nSPS) is 14.7. The van der Waals surface area contributed by atoms with Crippen LogP contribution in [0.1, 0.15) is 20.7 Å². The van der Waals surface area contributed by atoms with Crippen LogP contribution in [-0.2, 0) is 0 Å². The van der Waals surface area contributed by atoms with Crippen molar-refractivity contribution in [3.8, 4) is 0 Å². The first-order valence-electron chi connectivity index (χ1n) is 4.87. The zero-order chi connectivity index (χ0) is 11.5. The SMILES string of the molecule is O=C1C=C(SCCO)C(=O)c2ccccc21. The van der Waals surface area contributed by atoms with Crippen molar-refractivity contribution in [2.75, 3.05) is 12.4 Å². The van der Waals surface area contributed by atoms with Crippen molar-refractivity contribution >= 4 is 23.3 Å². The predicted molar refractivity (Wildman–Crippen MR) is 62.7 cm³/mol. The zero-order valence-electron chi connectivity index (χ0n) is 8.47. The minimum atomic E-state index is -0.143. The minimum absolute atomic E-state index is 0.00881. The molecule has 0 radical (unpaired) electrons. The Kier molecular flexibility index (Phi) is 3.22. The Hall–Kier alpha value is -1.39. The van der Waals surface area contributed by atoms with Gasteiger partial charge in [0.05, 0.1) is 11.5 Å². The van der Waals surface area contributed by atoms with Crippen LogP contribution in [0, 0.1) is 0 Å². The summed E-state index contributed by atoms with van der Waals surface area (Å²) >= 11 is 1.21. The van der Waals surface area contributed by atoms with E-state index in [0.29, 0.717) is 21.8 Å². The molecular formula is C12H10O3S. The number of ketones is 2. The highest BCUT2D eigenvalue weighted by atomic mass is 32.2. The molecule has 0 spiro atoms. The molecule has 1 aliphatic carbocycles. The van der Waals surface area contributed by atoms with Gasteiger partial charge in [0.2, 0.25) is 0 Å². The molecule has 0 aliphatic heterocycles. The summed E-state index contributed by atoms with van der Waals surface area (Å²) in [4.78, 5) is 24.1. The van der Waals surface area contributed by atoms with Gasteiger partial charge in [-0.25, -0.2) is 0 Å². The molecule has 82 valence electrons. The van der Waals surface area contributed by atoms with Gasteiger partial charge >= 0.3 is 0 Å². The van der Waals surface area contributed by atoms with Crippen LogP contribution in [0.5, 0.6) is 0 Å². The Labute approximate surface area is 97.2 Å². The average molecular weight is 234 g/mol. The molecule has 0 unspecified atom stereocenters. The van der Waals surface area contributed by atoms with Gasteiger partial charge in [-0.05, 0) is 0 Å². The summed E-state index contributed by atoms with van der Waals surface area (Å²) in [5, 5.41) is 8.70. The number of aliphatic hydroxyl groups is 1. The van der Waals surface area contributed by atoms with Crippen molar-refractivity contribution in [3.05, 3.63) is 46.4 Å². The highest BCUT2D eigenvalue weighted by Gasteiger charge is 2.24. The van der Waals surface area contributed by atoms with Crippen LogP contribution in [0.15, 0.2) is 35.2 Å². The second-order valence-corrected chi connectivity index (χ2v) is 4.46. The minimum Gasteiger partial charge on any atom is -0.396 e. The molecule has 2 rings (SSSR count). The largest absolute Gasteiger partial charge is 0.396 e. The van der Waals surface area contributed by atoms with Crippen molar-refractivity contribution in [1.82, 2.24) is 0 Å². The molecule has 1 aliphatic rings. The van der Waals surface area contributed by atoms with Crippen LogP contribution in [-0.4, -0.2) is 29.0 Å². The first kappa shape index (κ1) is 11.1. The highest BCUT2D eigenvalue weighted by Crippen LogP contribution is 2.27. The highest BCUT2D eigenvalue weighted by molar-refractivity contribution is 8.04. The fourth-order valence-corrected chi connectivity index (χ4v) is 2.30. The lowest BCUT2D eigenvalue weighted by Crippen LogP contribution is -2.15. The second-order valence-electron chi connectivity index (χ2n) is 3.32. The van der Waals surface area contributed by atoms with Gasteiger partial charge in [0.1, 0.15) is 0 Å². The van der Waals surface area contributed by atoms with Crippen molar-refractivity contribution in [3.63, 3.8) is 0 Å². The molecule has 16 heavy (non-hydrogen) atoms. The van der Waals surface area contributed by atoms with Crippen molar-refractivity contribution in [1.29, 1.82) is 0 Å². The molecule has 4 heteroatoms. The summed E-state index contributed by atoms with van der Waals surface area (Å²) in [5.41, 5.74) is 0.913. The molecule has 3 nitrogen and oxygen atoms in total. The predicted octanol–water partition coefficient (Wildman–Crippen LogP) is 1.67. The number of fused-ring (bicyclic) bond motifs is 1. The Morgan fingerprint density at radius 3 is 2.50 bits per heavy atom. The molecule has 0 saturated carbocycles. The Morgan fingerprint density at radius 2 is 1.81 bits per heavy atom. The first-order valence-corrected chi connectivity index (χ1v) is 5.86. The number of carbonyl (C=O) groups excluding carboxylic acids is 2. The molecule has 0 amide bonds. The maximum Gasteiger partial charge on any atom is 0.200 e. The lowest BCUT2D eigenvalue weighted by molar-refractivity contribution is 0.0991. The smallest absolute Gasteiger partial charge is 0.200 e. The van der Waals surface area contributed by atoms with Crippen LogP contribution < -0.4 is 0 Å². The summed E-state index contributed by atoms with van der Waals surface area (Å²) in [6, 6.07) is 6.79. The third-order valence-electron chi connectivity index (χ3n) is 2.27. The van der Waals surface area contributed by atoms with Crippen LogP contribution in [0.3, 0.4) is 0 Å². The monoisotopic (exact) mass is 234 g/mol. The third kappa shape index (κ3) is 1.94. The fraction of sp³-hybridized carbons (Fsp3) is 0.167. The van der Waals surface area contributed by atoms with E-state index in [1.54, 1.807) is 24.3 Å². The van der Waals surface area contributed by atoms with Gasteiger partial charge in [-0.2, -0.15) is 0 Å². The number of aliphatic hydroxyl groups excluding tert-OH is 1. The van der Waals surface area contributed by atoms with Gasteiger partial charge in [0.15, 0.2) is 11.6 Å². The van der Waals surface area contributed by atoms with Gasteiger partial charge in [-0.1, -0.05) is 24.3 Å². The van der Waals surface area contributed by atoms with E-state index in [1.807, 2.05) is 0 Å². The van der Waals surface area contributed by atoms with E-state index in [-0.39, 0.29) is 18.2 Å². The van der Waals surface area contributed by atoms with E-state index in [0.717, 1.165) is 0 Å². The van der Waals surface area contributed by atoms with E-state index in [9.17, 15) is 9.59 Å². The quantitative estimate of drug-likeness (QED) is 0.864. The van der Waals surface area contributed by atoms with Crippen molar-refractivity contribution in [2.24, 2.45) is 0 Å². The molecule has 1 N–H and O–H groups in total. The second kappa shape index (κ2) is 4.63. The molecule has 0 fully saturated rings. The lowest BCUT2D eigenvalue weighted by atomic mass is 9.95. The van der Waals surface area contributed by atoms with Crippen LogP contribution >= 0.6 is 11.8 Å². The third-order valence-corrected chi connectivity index (χ3v) is 3.27. The van der Waals surface area contributed by atoms with Crippen LogP contribution in [0.4, 0.5) is 0 Å². The fourth-order valence-electron chi connectivity index (χ4n) is 1.55. The number of benzene rings is 1. The van der Waals surface area contributed by atoms with Crippen molar-refractivity contribution < 1.29 is 14.7 Å². The molecule has 1 aromatic rings. The summed E-state index contributed by atoms with van der Waals surface area (Å²) < 4.78 is 0. The van der Waals surface area contributed by atoms with E-state index >= 15 is 0 Å². The zero-order valence-corrected chi connectivity index (χ0v) is 9.29. The number of Topliss-reactive ketones (excluding diaryl/α,β-unsaturated/α-hetero) is 1. The average Bonchev–Trinajstić information content (AvgIpc) is 2.32. The van der Waals surface area contributed by atoms with E-state index in [1.165, 1.54) is 17.8 Å². The van der Waals surface area contributed by atoms with Gasteiger partial charge in [-0.3, -0.25) is 9.59 Å². The van der Waals surface area contributed by atoms with Crippen LogP contribution in [0.2, 0.25) is 0 Å². The summed E-state index contributed by atoms with van der Waals surface area (Å²) in [7, 11) is 0. The first-order chi connectivity index (χ1) is 7.74. The Bertz CT molecular complexity index is 477. The molecule has 1 aromatic carbocycles. The van der Waals surface area contributed by atoms with Gasteiger partial charge in [-0.15, -0.1) is 11.8 Å². The standard InChI is InChI=1S/C12H10O3S/c13-5-6-16-11-7-10(14)8-3-1-2-4-9(8)12(11)15/h1-4,7,13H,5-6H2. The van der Waals surface area contributed by atoms with Gasteiger partial charge < -0.3 is 5.11 Å². The summed E-state index contributed by atoms with van der Waals surface area (Å²) in [6.07, 6.45) is 1.35. The van der Waals surface area contributed by atoms with E-state index < -0.39 is 0 Å². The van der Waals surface area contributed by atoms with Crippen LogP contribution in [0.25, 0.3) is 0 Å². The molecule has 0 aromatic heterocycles. The van der Waals surface area contributed by atoms with Crippen molar-refractivity contribution in [2.45, 2.75) is 0 Å². The Morgan fingerprint density at radius 1 is 1.12 bits per heavy atom. The molecule has 0 bridgehead atoms. The lowest BCUT2D eigenvalue weighted by Gasteiger charge is -2.13.